The Morgan fingerprint density at radius 2 is 1.94 bits per heavy atom. The highest BCUT2D eigenvalue weighted by atomic mass is 35.5. The summed E-state index contributed by atoms with van der Waals surface area (Å²) in [7, 11) is 0. The van der Waals surface area contributed by atoms with Gasteiger partial charge >= 0.3 is 0 Å². The van der Waals surface area contributed by atoms with E-state index in [1.165, 1.54) is 31.0 Å². The maximum Gasteiger partial charge on any atom is 0.237 e. The molecule has 190 valence electrons. The van der Waals surface area contributed by atoms with Gasteiger partial charge in [-0.05, 0) is 57.7 Å². The summed E-state index contributed by atoms with van der Waals surface area (Å²) in [6, 6.07) is -1.06. The standard InChI is InChI=1S/C23H45ClN2O5S/c1-6-14(2)7-8-17-9-10-18(25-12-11-17)22(30)26-20(15(3)24)21(19(29)13-27)31-23(32-5)16(4)28/h14-21,23,25,27-29H,6-13H2,1-5H3,(H,26,30)/t14?,15?,16?,17-,18?,19-,20?,21?,23?/m0/s1. The molecule has 7 unspecified atom stereocenters. The number of carbonyl (C=O) groups excluding carboxylic acids is 1. The van der Waals surface area contributed by atoms with Gasteiger partial charge in [0.25, 0.3) is 0 Å². The van der Waals surface area contributed by atoms with Crippen LogP contribution >= 0.6 is 23.4 Å². The Labute approximate surface area is 203 Å². The molecule has 1 aliphatic rings. The average Bonchev–Trinajstić information content (AvgIpc) is 3.01. The van der Waals surface area contributed by atoms with Gasteiger partial charge < -0.3 is 30.7 Å². The monoisotopic (exact) mass is 496 g/mol. The third-order valence-corrected chi connectivity index (χ3v) is 7.77. The van der Waals surface area contributed by atoms with Crippen LogP contribution in [0.3, 0.4) is 0 Å². The first-order valence-corrected chi connectivity index (χ1v) is 13.7. The summed E-state index contributed by atoms with van der Waals surface area (Å²) >= 11 is 7.68. The van der Waals surface area contributed by atoms with Crippen LogP contribution in [0.25, 0.3) is 0 Å². The predicted molar refractivity (Wildman–Crippen MR) is 132 cm³/mol. The van der Waals surface area contributed by atoms with Gasteiger partial charge in [-0.25, -0.2) is 0 Å². The third kappa shape index (κ3) is 10.0. The van der Waals surface area contributed by atoms with Crippen molar-refractivity contribution < 1.29 is 24.9 Å². The van der Waals surface area contributed by atoms with Crippen LogP contribution in [0.2, 0.25) is 0 Å². The van der Waals surface area contributed by atoms with Crippen LogP contribution in [0, 0.1) is 11.8 Å². The van der Waals surface area contributed by atoms with Crippen LogP contribution in [0.5, 0.6) is 0 Å². The maximum absolute atomic E-state index is 13.1. The second-order valence-corrected chi connectivity index (χ2v) is 10.9. The number of hydrogen-bond acceptors (Lipinski definition) is 7. The number of halogens is 1. The van der Waals surface area contributed by atoms with E-state index >= 15 is 0 Å². The molecular formula is C23H45ClN2O5S. The van der Waals surface area contributed by atoms with Crippen LogP contribution in [-0.2, 0) is 9.53 Å². The maximum atomic E-state index is 13.1. The largest absolute Gasteiger partial charge is 0.394 e. The van der Waals surface area contributed by atoms with Crippen molar-refractivity contribution in [3.8, 4) is 0 Å². The number of thioether (sulfide) groups is 1. The molecule has 0 aliphatic carbocycles. The zero-order valence-corrected chi connectivity index (χ0v) is 21.9. The molecule has 9 atom stereocenters. The van der Waals surface area contributed by atoms with Crippen molar-refractivity contribution in [1.29, 1.82) is 0 Å². The zero-order chi connectivity index (χ0) is 24.3. The molecule has 0 aromatic carbocycles. The summed E-state index contributed by atoms with van der Waals surface area (Å²) in [6.45, 7) is 8.07. The first kappa shape index (κ1) is 29.9. The van der Waals surface area contributed by atoms with Crippen molar-refractivity contribution in [3.05, 3.63) is 0 Å². The molecular weight excluding hydrogens is 452 g/mol. The molecule has 7 nitrogen and oxygen atoms in total. The molecule has 1 heterocycles. The fourth-order valence-electron chi connectivity index (χ4n) is 4.11. The van der Waals surface area contributed by atoms with Gasteiger partial charge in [0.05, 0.1) is 30.2 Å². The van der Waals surface area contributed by atoms with Crippen molar-refractivity contribution in [2.24, 2.45) is 11.8 Å². The molecule has 9 heteroatoms. The highest BCUT2D eigenvalue weighted by Crippen LogP contribution is 2.25. The molecule has 0 spiro atoms. The van der Waals surface area contributed by atoms with Crippen LogP contribution < -0.4 is 10.6 Å². The van der Waals surface area contributed by atoms with E-state index < -0.39 is 41.8 Å². The number of hydrogen-bond donors (Lipinski definition) is 5. The Morgan fingerprint density at radius 3 is 2.47 bits per heavy atom. The quantitative estimate of drug-likeness (QED) is 0.185. The summed E-state index contributed by atoms with van der Waals surface area (Å²) in [6.07, 6.45) is 5.20. The fraction of sp³-hybridized carbons (Fsp3) is 0.957. The Kier molecular flexibility index (Phi) is 14.7. The van der Waals surface area contributed by atoms with Gasteiger partial charge in [0.15, 0.2) is 0 Å². The molecule has 0 bridgehead atoms. The van der Waals surface area contributed by atoms with Crippen molar-refractivity contribution >= 4 is 29.3 Å². The van der Waals surface area contributed by atoms with E-state index in [0.29, 0.717) is 5.92 Å². The van der Waals surface area contributed by atoms with E-state index in [-0.39, 0.29) is 11.9 Å². The van der Waals surface area contributed by atoms with Gasteiger partial charge in [0, 0.05) is 0 Å². The second-order valence-electron chi connectivity index (χ2n) is 9.24. The van der Waals surface area contributed by atoms with Crippen LogP contribution in [-0.4, -0.2) is 81.8 Å². The number of aliphatic hydroxyl groups excluding tert-OH is 3. The van der Waals surface area contributed by atoms with Gasteiger partial charge in [-0.15, -0.1) is 23.4 Å². The third-order valence-electron chi connectivity index (χ3n) is 6.53. The molecule has 1 amide bonds. The van der Waals surface area contributed by atoms with E-state index in [1.807, 2.05) is 0 Å². The highest BCUT2D eigenvalue weighted by Gasteiger charge is 2.37. The molecule has 1 saturated heterocycles. The highest BCUT2D eigenvalue weighted by molar-refractivity contribution is 7.99. The van der Waals surface area contributed by atoms with Crippen molar-refractivity contribution in [3.63, 3.8) is 0 Å². The van der Waals surface area contributed by atoms with E-state index in [0.717, 1.165) is 31.7 Å². The van der Waals surface area contributed by atoms with E-state index in [9.17, 15) is 20.1 Å². The van der Waals surface area contributed by atoms with Gasteiger partial charge in [0.2, 0.25) is 5.91 Å². The minimum absolute atomic E-state index is 0.179. The lowest BCUT2D eigenvalue weighted by Crippen LogP contribution is -2.58. The summed E-state index contributed by atoms with van der Waals surface area (Å²) in [5, 5.41) is 35.6. The van der Waals surface area contributed by atoms with Crippen molar-refractivity contribution in [2.45, 2.75) is 107 Å². The number of ether oxygens (including phenoxy) is 1. The molecule has 0 aromatic rings. The Hall–Kier alpha value is -0.0900. The molecule has 1 aliphatic heterocycles. The Morgan fingerprint density at radius 1 is 1.25 bits per heavy atom. The number of alkyl halides is 1. The van der Waals surface area contributed by atoms with E-state index in [4.69, 9.17) is 16.3 Å². The minimum Gasteiger partial charge on any atom is -0.394 e. The average molecular weight is 497 g/mol. The Balaban J connectivity index is 2.81. The number of carbonyl (C=O) groups is 1. The number of amides is 1. The molecule has 0 radical (unpaired) electrons. The first-order valence-electron chi connectivity index (χ1n) is 12.0. The fourth-order valence-corrected chi connectivity index (χ4v) is 4.95. The van der Waals surface area contributed by atoms with Crippen molar-refractivity contribution in [2.75, 3.05) is 19.4 Å². The first-order chi connectivity index (χ1) is 15.1. The number of aliphatic hydroxyl groups is 3. The number of rotatable bonds is 14. The lowest BCUT2D eigenvalue weighted by atomic mass is 9.90. The topological polar surface area (TPSA) is 111 Å². The normalized spacial score (nSPS) is 26.3. The Bertz CT molecular complexity index is 529. The minimum atomic E-state index is -1.25. The summed E-state index contributed by atoms with van der Waals surface area (Å²) in [5.41, 5.74) is -0.627. The van der Waals surface area contributed by atoms with Crippen LogP contribution in [0.15, 0.2) is 0 Å². The van der Waals surface area contributed by atoms with Gasteiger partial charge in [-0.2, -0.15) is 0 Å². The van der Waals surface area contributed by atoms with Gasteiger partial charge in [-0.3, -0.25) is 4.79 Å². The van der Waals surface area contributed by atoms with Crippen LogP contribution in [0.1, 0.15) is 66.2 Å². The summed E-state index contributed by atoms with van der Waals surface area (Å²) in [4.78, 5) is 13.1. The van der Waals surface area contributed by atoms with E-state index in [2.05, 4.69) is 24.5 Å². The molecule has 0 saturated carbocycles. The molecule has 1 fully saturated rings. The zero-order valence-electron chi connectivity index (χ0n) is 20.3. The van der Waals surface area contributed by atoms with E-state index in [1.54, 1.807) is 20.1 Å². The predicted octanol–water partition coefficient (Wildman–Crippen LogP) is 2.49. The summed E-state index contributed by atoms with van der Waals surface area (Å²) in [5.74, 6) is 1.18. The molecule has 1 rings (SSSR count). The van der Waals surface area contributed by atoms with Crippen molar-refractivity contribution in [1.82, 2.24) is 10.6 Å². The van der Waals surface area contributed by atoms with Crippen LogP contribution in [0.4, 0.5) is 0 Å². The molecule has 0 aromatic heterocycles. The van der Waals surface area contributed by atoms with Gasteiger partial charge in [0.1, 0.15) is 17.6 Å². The number of nitrogens with one attached hydrogen (secondary N) is 2. The van der Waals surface area contributed by atoms with Gasteiger partial charge in [-0.1, -0.05) is 33.1 Å². The molecule has 5 N–H and O–H groups in total. The lowest BCUT2D eigenvalue weighted by molar-refractivity contribution is -0.130. The lowest BCUT2D eigenvalue weighted by Gasteiger charge is -2.36. The second kappa shape index (κ2) is 15.7. The summed E-state index contributed by atoms with van der Waals surface area (Å²) < 4.78 is 5.92. The smallest absolute Gasteiger partial charge is 0.237 e. The molecule has 32 heavy (non-hydrogen) atoms. The SMILES string of the molecule is CCC(C)CC[C@@H]1CCNC(C(=O)NC(C(C)Cl)C(OC(SC)C(C)O)[C@@H](O)CO)CC1.